The first-order chi connectivity index (χ1) is 22.5. The molecule has 0 saturated carbocycles. The summed E-state index contributed by atoms with van der Waals surface area (Å²) in [7, 11) is 0. The Kier molecular flexibility index (Phi) is 14.4. The second kappa shape index (κ2) is 17.6. The number of pyridine rings is 2. The van der Waals surface area contributed by atoms with Gasteiger partial charge in [-0.1, -0.05) is 24.3 Å². The molecule has 0 unspecified atom stereocenters. The third-order valence-electron chi connectivity index (χ3n) is 10.1. The Balaban J connectivity index is 0.00000225. The van der Waals surface area contributed by atoms with Gasteiger partial charge in [-0.2, -0.15) is 0 Å². The van der Waals surface area contributed by atoms with Crippen molar-refractivity contribution in [2.75, 3.05) is 18.0 Å². The maximum atomic E-state index is 14.5. The summed E-state index contributed by atoms with van der Waals surface area (Å²) >= 11 is 0. The minimum atomic E-state index is -0.830. The summed E-state index contributed by atoms with van der Waals surface area (Å²) in [5, 5.41) is 0. The number of aryl methyl sites for hydroxylation is 4. The normalized spacial score (nSPS) is 13.2. The zero-order valence-corrected chi connectivity index (χ0v) is 32.0. The van der Waals surface area contributed by atoms with Gasteiger partial charge in [0.1, 0.15) is 0 Å². The number of piperidine rings is 1. The van der Waals surface area contributed by atoms with E-state index in [4.69, 9.17) is 0 Å². The minimum absolute atomic E-state index is 0. The lowest BCUT2D eigenvalue weighted by atomic mass is 9.96. The van der Waals surface area contributed by atoms with E-state index in [1.54, 1.807) is 6.07 Å². The number of aromatic nitrogens is 2. The van der Waals surface area contributed by atoms with Crippen LogP contribution in [-0.2, 0) is 13.1 Å². The van der Waals surface area contributed by atoms with E-state index in [9.17, 15) is 8.78 Å². The molecular formula is C41H47Cl3F2N4. The van der Waals surface area contributed by atoms with E-state index in [1.165, 1.54) is 56.6 Å². The first-order valence-electron chi connectivity index (χ1n) is 16.5. The van der Waals surface area contributed by atoms with Gasteiger partial charge >= 0.3 is 0 Å². The summed E-state index contributed by atoms with van der Waals surface area (Å²) in [6, 6.07) is 17.8. The average molecular weight is 740 g/mol. The Labute approximate surface area is 314 Å². The van der Waals surface area contributed by atoms with Crippen LogP contribution < -0.4 is 4.90 Å². The zero-order valence-electron chi connectivity index (χ0n) is 29.6. The fourth-order valence-electron chi connectivity index (χ4n) is 6.81. The fourth-order valence-corrected chi connectivity index (χ4v) is 6.81. The molecule has 1 saturated heterocycles. The molecule has 0 bridgehead atoms. The van der Waals surface area contributed by atoms with Crippen LogP contribution in [0.3, 0.4) is 0 Å². The fraction of sp³-hybridized carbons (Fsp3) is 0.317. The van der Waals surface area contributed by atoms with Crippen molar-refractivity contribution in [2.24, 2.45) is 0 Å². The number of anilines is 1. The van der Waals surface area contributed by atoms with Crippen LogP contribution in [0.4, 0.5) is 14.5 Å². The zero-order chi connectivity index (χ0) is 33.2. The van der Waals surface area contributed by atoms with Gasteiger partial charge in [-0.25, -0.2) is 8.78 Å². The number of hydrogen-bond donors (Lipinski definition) is 0. The molecule has 9 heteroatoms. The summed E-state index contributed by atoms with van der Waals surface area (Å²) in [5.41, 5.74) is 15.2. The molecule has 6 rings (SSSR count). The number of hydrogen-bond acceptors (Lipinski definition) is 4. The average Bonchev–Trinajstić information content (AvgIpc) is 3.06. The Morgan fingerprint density at radius 3 is 1.58 bits per heavy atom. The van der Waals surface area contributed by atoms with Crippen molar-refractivity contribution < 1.29 is 8.78 Å². The van der Waals surface area contributed by atoms with Crippen molar-refractivity contribution >= 4 is 42.9 Å². The van der Waals surface area contributed by atoms with Gasteiger partial charge in [-0.3, -0.25) is 14.9 Å². The third-order valence-corrected chi connectivity index (χ3v) is 10.1. The van der Waals surface area contributed by atoms with Crippen molar-refractivity contribution in [2.45, 2.75) is 73.5 Å². The van der Waals surface area contributed by atoms with Crippen molar-refractivity contribution in [3.05, 3.63) is 136 Å². The van der Waals surface area contributed by atoms with Gasteiger partial charge in [-0.15, -0.1) is 37.2 Å². The van der Waals surface area contributed by atoms with E-state index in [2.05, 4.69) is 97.7 Å². The van der Waals surface area contributed by atoms with Crippen LogP contribution in [-0.4, -0.2) is 34.0 Å². The first-order valence-corrected chi connectivity index (χ1v) is 16.5. The molecular weight excluding hydrogens is 693 g/mol. The molecule has 1 aliphatic rings. The standard InChI is InChI=1S/C41H44F2N4.3ClH/c1-26-13-34(14-27(2)30(26)5)36-17-32(20-44-22-36)24-46-11-9-38(10-12-46)47(39-7-8-40(42)41(43)19-39)25-33-18-37(23-45-21-33)35-15-28(3)31(6)29(4)16-35;;;/h7-8,13-23,38H,9-12,24-25H2,1-6H3;3*1H. The number of rotatable bonds is 8. The SMILES string of the molecule is Cc1cc(-c2cncc(CN3CCC(N(Cc4cncc(-c5cc(C)c(C)c(C)c5)c4)c4ccc(F)c(F)c4)CC3)c2)cc(C)c1C.Cl.Cl.Cl. The predicted octanol–water partition coefficient (Wildman–Crippen LogP) is 10.9. The molecule has 0 radical (unpaired) electrons. The molecule has 1 aliphatic heterocycles. The third kappa shape index (κ3) is 9.21. The number of halogens is 5. The van der Waals surface area contributed by atoms with Gasteiger partial charge in [0.25, 0.3) is 0 Å². The minimum Gasteiger partial charge on any atom is -0.364 e. The van der Waals surface area contributed by atoms with E-state index in [1.807, 2.05) is 24.8 Å². The van der Waals surface area contributed by atoms with E-state index >= 15 is 0 Å². The number of nitrogens with zero attached hydrogens (tertiary/aromatic N) is 4. The Morgan fingerprint density at radius 1 is 0.600 bits per heavy atom. The molecule has 0 spiro atoms. The summed E-state index contributed by atoms with van der Waals surface area (Å²) in [5.74, 6) is -1.65. The van der Waals surface area contributed by atoms with Crippen molar-refractivity contribution in [1.29, 1.82) is 0 Å². The summed E-state index contributed by atoms with van der Waals surface area (Å²) in [6.45, 7) is 16.1. The van der Waals surface area contributed by atoms with Gasteiger partial charge in [0.05, 0.1) is 0 Å². The van der Waals surface area contributed by atoms with Crippen LogP contribution >= 0.6 is 37.2 Å². The maximum absolute atomic E-state index is 14.5. The molecule has 0 amide bonds. The van der Waals surface area contributed by atoms with Gasteiger partial charge in [0, 0.05) is 79.9 Å². The Hall–Kier alpha value is -3.55. The Morgan fingerprint density at radius 2 is 1.08 bits per heavy atom. The second-order valence-electron chi connectivity index (χ2n) is 13.4. The lowest BCUT2D eigenvalue weighted by Gasteiger charge is -2.40. The van der Waals surface area contributed by atoms with E-state index in [-0.39, 0.29) is 43.3 Å². The largest absolute Gasteiger partial charge is 0.364 e. The predicted molar refractivity (Wildman–Crippen MR) is 210 cm³/mol. The van der Waals surface area contributed by atoms with E-state index < -0.39 is 11.6 Å². The molecule has 3 heterocycles. The highest BCUT2D eigenvalue weighted by Gasteiger charge is 2.26. The monoisotopic (exact) mass is 738 g/mol. The molecule has 4 nitrogen and oxygen atoms in total. The van der Waals surface area contributed by atoms with Crippen molar-refractivity contribution in [3.8, 4) is 22.3 Å². The lowest BCUT2D eigenvalue weighted by molar-refractivity contribution is 0.200. The smallest absolute Gasteiger partial charge is 0.160 e. The van der Waals surface area contributed by atoms with E-state index in [0.29, 0.717) is 12.2 Å². The van der Waals surface area contributed by atoms with Crippen LogP contribution in [0, 0.1) is 53.2 Å². The highest BCUT2D eigenvalue weighted by molar-refractivity contribution is 5.86. The van der Waals surface area contributed by atoms with Gasteiger partial charge in [-0.05, 0) is 134 Å². The number of benzene rings is 3. The molecule has 0 aliphatic carbocycles. The summed E-state index contributed by atoms with van der Waals surface area (Å²) in [6.07, 6.45) is 9.52. The topological polar surface area (TPSA) is 32.3 Å². The molecule has 3 aromatic carbocycles. The lowest BCUT2D eigenvalue weighted by Crippen LogP contribution is -2.44. The molecule has 5 aromatic rings. The van der Waals surface area contributed by atoms with Crippen LogP contribution in [0.15, 0.2) is 79.4 Å². The first kappa shape index (κ1) is 40.9. The number of likely N-dealkylation sites (tertiary alicyclic amines) is 1. The van der Waals surface area contributed by atoms with E-state index in [0.717, 1.165) is 54.7 Å². The molecule has 1 fully saturated rings. The van der Waals surface area contributed by atoms with Crippen LogP contribution in [0.5, 0.6) is 0 Å². The highest BCUT2D eigenvalue weighted by Crippen LogP contribution is 2.31. The van der Waals surface area contributed by atoms with Crippen LogP contribution in [0.1, 0.15) is 57.3 Å². The molecule has 266 valence electrons. The van der Waals surface area contributed by atoms with Crippen LogP contribution in [0.25, 0.3) is 22.3 Å². The van der Waals surface area contributed by atoms with Crippen molar-refractivity contribution in [1.82, 2.24) is 14.9 Å². The quantitative estimate of drug-likeness (QED) is 0.159. The summed E-state index contributed by atoms with van der Waals surface area (Å²) < 4.78 is 28.5. The van der Waals surface area contributed by atoms with Gasteiger partial charge in [0.2, 0.25) is 0 Å². The van der Waals surface area contributed by atoms with Gasteiger partial charge in [0.15, 0.2) is 11.6 Å². The second-order valence-corrected chi connectivity index (χ2v) is 13.4. The molecule has 0 N–H and O–H groups in total. The molecule has 2 aromatic heterocycles. The highest BCUT2D eigenvalue weighted by atomic mass is 35.5. The van der Waals surface area contributed by atoms with Crippen molar-refractivity contribution in [3.63, 3.8) is 0 Å². The maximum Gasteiger partial charge on any atom is 0.160 e. The van der Waals surface area contributed by atoms with Gasteiger partial charge < -0.3 is 4.90 Å². The van der Waals surface area contributed by atoms with Crippen LogP contribution in [0.2, 0.25) is 0 Å². The molecule has 0 atom stereocenters. The Bertz CT molecular complexity index is 1880. The molecule has 50 heavy (non-hydrogen) atoms. The summed E-state index contributed by atoms with van der Waals surface area (Å²) in [4.78, 5) is 13.9.